The molecule has 1 N–H and O–H groups in total. The molecule has 1 heterocycles. The van der Waals surface area contributed by atoms with Crippen molar-refractivity contribution in [3.05, 3.63) is 88.0 Å². The molecular formula is C22H15N5O2. The topological polar surface area (TPSA) is 105 Å². The van der Waals surface area contributed by atoms with E-state index in [9.17, 15) is 15.4 Å². The molecule has 1 aromatic heterocycles. The summed E-state index contributed by atoms with van der Waals surface area (Å²) in [6.07, 6.45) is 0. The van der Waals surface area contributed by atoms with Gasteiger partial charge in [-0.25, -0.2) is 9.97 Å². The minimum atomic E-state index is -0.535. The van der Waals surface area contributed by atoms with E-state index in [2.05, 4.69) is 15.3 Å². The second kappa shape index (κ2) is 7.37. The van der Waals surface area contributed by atoms with Crippen LogP contribution in [0.4, 0.5) is 17.3 Å². The molecular weight excluding hydrogens is 366 g/mol. The van der Waals surface area contributed by atoms with E-state index >= 15 is 0 Å². The Morgan fingerprint density at radius 2 is 1.83 bits per heavy atom. The van der Waals surface area contributed by atoms with E-state index in [1.165, 1.54) is 18.2 Å². The van der Waals surface area contributed by atoms with Crippen molar-refractivity contribution in [1.29, 1.82) is 5.26 Å². The van der Waals surface area contributed by atoms with Gasteiger partial charge in [0.1, 0.15) is 6.07 Å². The van der Waals surface area contributed by atoms with Gasteiger partial charge in [0.25, 0.3) is 5.69 Å². The highest BCUT2D eigenvalue weighted by molar-refractivity contribution is 5.93. The number of nitrogens with zero attached hydrogens (tertiary/aromatic N) is 4. The lowest BCUT2D eigenvalue weighted by atomic mass is 10.0. The van der Waals surface area contributed by atoms with Crippen molar-refractivity contribution in [3.63, 3.8) is 0 Å². The summed E-state index contributed by atoms with van der Waals surface area (Å²) in [4.78, 5) is 19.7. The maximum atomic E-state index is 11.0. The van der Waals surface area contributed by atoms with Crippen LogP contribution < -0.4 is 5.32 Å². The zero-order valence-corrected chi connectivity index (χ0v) is 15.5. The van der Waals surface area contributed by atoms with E-state index in [1.807, 2.05) is 61.5 Å². The van der Waals surface area contributed by atoms with E-state index < -0.39 is 4.92 Å². The minimum Gasteiger partial charge on any atom is -0.323 e. The van der Waals surface area contributed by atoms with Crippen molar-refractivity contribution >= 4 is 28.2 Å². The number of fused-ring (bicyclic) bond motifs is 1. The lowest BCUT2D eigenvalue weighted by molar-refractivity contribution is -0.384. The monoisotopic (exact) mass is 381 g/mol. The maximum Gasteiger partial charge on any atom is 0.270 e. The molecule has 0 radical (unpaired) electrons. The molecule has 0 aliphatic heterocycles. The van der Waals surface area contributed by atoms with Gasteiger partial charge in [-0.1, -0.05) is 42.0 Å². The molecule has 140 valence electrons. The molecule has 0 amide bonds. The van der Waals surface area contributed by atoms with Gasteiger partial charge in [0.15, 0.2) is 0 Å². The summed E-state index contributed by atoms with van der Waals surface area (Å²) in [5.41, 5.74) is 3.97. The Bertz CT molecular complexity index is 1280. The maximum absolute atomic E-state index is 11.0. The number of hydrogen-bond donors (Lipinski definition) is 1. The van der Waals surface area contributed by atoms with Gasteiger partial charge in [-0.15, -0.1) is 0 Å². The highest BCUT2D eigenvalue weighted by atomic mass is 16.6. The first-order chi connectivity index (χ1) is 14.0. The van der Waals surface area contributed by atoms with Gasteiger partial charge in [0.05, 0.1) is 27.4 Å². The van der Waals surface area contributed by atoms with Gasteiger partial charge in [-0.2, -0.15) is 5.26 Å². The van der Waals surface area contributed by atoms with Gasteiger partial charge in [-0.05, 0) is 25.1 Å². The molecule has 3 aromatic carbocycles. The second-order valence-electron chi connectivity index (χ2n) is 6.51. The number of benzene rings is 3. The quantitative estimate of drug-likeness (QED) is 0.388. The predicted octanol–water partition coefficient (Wildman–Crippen LogP) is 5.13. The van der Waals surface area contributed by atoms with Crippen molar-refractivity contribution in [2.45, 2.75) is 6.92 Å². The third kappa shape index (κ3) is 3.59. The van der Waals surface area contributed by atoms with Crippen LogP contribution in [0.1, 0.15) is 11.1 Å². The third-order valence-corrected chi connectivity index (χ3v) is 4.48. The fraction of sp³-hybridized carbons (Fsp3) is 0.0455. The van der Waals surface area contributed by atoms with Crippen LogP contribution in [-0.2, 0) is 0 Å². The summed E-state index contributed by atoms with van der Waals surface area (Å²) in [7, 11) is 0. The fourth-order valence-corrected chi connectivity index (χ4v) is 3.08. The number of nitro benzene ring substituents is 1. The summed E-state index contributed by atoms with van der Waals surface area (Å²) >= 11 is 0. The van der Waals surface area contributed by atoms with E-state index in [0.29, 0.717) is 11.6 Å². The smallest absolute Gasteiger partial charge is 0.270 e. The Balaban J connectivity index is 1.85. The minimum absolute atomic E-state index is 0.146. The lowest BCUT2D eigenvalue weighted by Gasteiger charge is -2.12. The molecule has 7 nitrogen and oxygen atoms in total. The van der Waals surface area contributed by atoms with Crippen LogP contribution in [0.3, 0.4) is 0 Å². The number of nitro groups is 1. The predicted molar refractivity (Wildman–Crippen MR) is 111 cm³/mol. The van der Waals surface area contributed by atoms with E-state index in [0.717, 1.165) is 27.7 Å². The Hall–Kier alpha value is -4.31. The Morgan fingerprint density at radius 3 is 2.55 bits per heavy atom. The molecule has 0 bridgehead atoms. The molecule has 0 saturated heterocycles. The Morgan fingerprint density at radius 1 is 1.03 bits per heavy atom. The standard InChI is InChI=1S/C22H15N5O2/c1-14-7-9-20-18(11-14)21(15-5-3-2-4-6-15)26-22(25-20)24-19-10-8-17(27(28)29)12-16(19)13-23/h2-12H,1H3,(H,24,25,26). The number of non-ortho nitro benzene ring substituents is 1. The van der Waals surface area contributed by atoms with E-state index in [1.54, 1.807) is 0 Å². The Labute approximate surface area is 166 Å². The lowest BCUT2D eigenvalue weighted by Crippen LogP contribution is -2.02. The molecule has 0 atom stereocenters. The van der Waals surface area contributed by atoms with Gasteiger partial charge in [0, 0.05) is 23.1 Å². The summed E-state index contributed by atoms with van der Waals surface area (Å²) in [6, 6.07) is 21.7. The van der Waals surface area contributed by atoms with E-state index in [-0.39, 0.29) is 11.3 Å². The number of hydrogen-bond acceptors (Lipinski definition) is 6. The molecule has 0 aliphatic rings. The number of aryl methyl sites for hydroxylation is 1. The third-order valence-electron chi connectivity index (χ3n) is 4.48. The van der Waals surface area contributed by atoms with Gasteiger partial charge in [-0.3, -0.25) is 10.1 Å². The molecule has 0 saturated carbocycles. The van der Waals surface area contributed by atoms with Gasteiger partial charge >= 0.3 is 0 Å². The zero-order chi connectivity index (χ0) is 20.4. The molecule has 7 heteroatoms. The zero-order valence-electron chi connectivity index (χ0n) is 15.5. The molecule has 0 aliphatic carbocycles. The summed E-state index contributed by atoms with van der Waals surface area (Å²) in [6.45, 7) is 2.01. The SMILES string of the molecule is Cc1ccc2nc(Nc3ccc([N+](=O)[O-])cc3C#N)nc(-c3ccccc3)c2c1. The first-order valence-corrected chi connectivity index (χ1v) is 8.84. The van der Waals surface area contributed by atoms with Crippen molar-refractivity contribution < 1.29 is 4.92 Å². The second-order valence-corrected chi connectivity index (χ2v) is 6.51. The highest BCUT2D eigenvalue weighted by Gasteiger charge is 2.14. The number of nitriles is 1. The van der Waals surface area contributed by atoms with Crippen LogP contribution in [-0.4, -0.2) is 14.9 Å². The molecule has 4 rings (SSSR count). The average Bonchev–Trinajstić information content (AvgIpc) is 2.74. The number of aromatic nitrogens is 2. The van der Waals surface area contributed by atoms with Crippen LogP contribution in [0.2, 0.25) is 0 Å². The van der Waals surface area contributed by atoms with Gasteiger partial charge < -0.3 is 5.32 Å². The Kier molecular flexibility index (Phi) is 4.59. The van der Waals surface area contributed by atoms with Crippen molar-refractivity contribution in [2.75, 3.05) is 5.32 Å². The summed E-state index contributed by atoms with van der Waals surface area (Å²) in [5.74, 6) is 0.311. The molecule has 29 heavy (non-hydrogen) atoms. The normalized spacial score (nSPS) is 10.5. The summed E-state index contributed by atoms with van der Waals surface area (Å²) in [5, 5.41) is 24.3. The molecule has 0 unspecified atom stereocenters. The van der Waals surface area contributed by atoms with E-state index in [4.69, 9.17) is 0 Å². The first-order valence-electron chi connectivity index (χ1n) is 8.84. The van der Waals surface area contributed by atoms with Crippen LogP contribution >= 0.6 is 0 Å². The van der Waals surface area contributed by atoms with Crippen LogP contribution in [0.15, 0.2) is 66.7 Å². The van der Waals surface area contributed by atoms with Crippen molar-refractivity contribution in [1.82, 2.24) is 9.97 Å². The van der Waals surface area contributed by atoms with Crippen LogP contribution in [0.25, 0.3) is 22.2 Å². The van der Waals surface area contributed by atoms with Gasteiger partial charge in [0.2, 0.25) is 5.95 Å². The molecule has 4 aromatic rings. The van der Waals surface area contributed by atoms with Crippen molar-refractivity contribution in [2.24, 2.45) is 0 Å². The first kappa shape index (κ1) is 18.1. The van der Waals surface area contributed by atoms with Crippen LogP contribution in [0, 0.1) is 28.4 Å². The molecule has 0 fully saturated rings. The molecule has 0 spiro atoms. The highest BCUT2D eigenvalue weighted by Crippen LogP contribution is 2.30. The van der Waals surface area contributed by atoms with Crippen molar-refractivity contribution in [3.8, 4) is 17.3 Å². The number of anilines is 2. The summed E-state index contributed by atoms with van der Waals surface area (Å²) < 4.78 is 0. The number of rotatable bonds is 4. The number of nitrogens with one attached hydrogen (secondary N) is 1. The largest absolute Gasteiger partial charge is 0.323 e. The average molecular weight is 381 g/mol. The van der Waals surface area contributed by atoms with Crippen LogP contribution in [0.5, 0.6) is 0 Å². The fourth-order valence-electron chi connectivity index (χ4n) is 3.08.